The standard InChI is InChI=1S/C14H23N3O/c1-3-7-12-10(2)15-14(17-13(12)18)16-11-8-5-4-6-9-11/h11H,3-9H2,1-2H3,(H2,15,16,17,18). The van der Waals surface area contributed by atoms with Crippen LogP contribution in [0.4, 0.5) is 5.95 Å². The molecule has 18 heavy (non-hydrogen) atoms. The van der Waals surface area contributed by atoms with Crippen molar-refractivity contribution < 1.29 is 0 Å². The van der Waals surface area contributed by atoms with Crippen molar-refractivity contribution in [3.63, 3.8) is 0 Å². The van der Waals surface area contributed by atoms with Crippen LogP contribution in [-0.2, 0) is 6.42 Å². The van der Waals surface area contributed by atoms with Gasteiger partial charge in [0.05, 0.1) is 0 Å². The van der Waals surface area contributed by atoms with E-state index in [1.54, 1.807) is 0 Å². The minimum absolute atomic E-state index is 0.0164. The molecule has 1 saturated carbocycles. The Morgan fingerprint density at radius 1 is 1.33 bits per heavy atom. The highest BCUT2D eigenvalue weighted by Crippen LogP contribution is 2.20. The van der Waals surface area contributed by atoms with Crippen molar-refractivity contribution in [1.82, 2.24) is 9.97 Å². The Kier molecular flexibility index (Phi) is 4.39. The highest BCUT2D eigenvalue weighted by Gasteiger charge is 2.15. The van der Waals surface area contributed by atoms with E-state index in [2.05, 4.69) is 22.2 Å². The van der Waals surface area contributed by atoms with Gasteiger partial charge in [-0.25, -0.2) is 4.98 Å². The first kappa shape index (κ1) is 13.1. The molecule has 4 nitrogen and oxygen atoms in total. The van der Waals surface area contributed by atoms with E-state index < -0.39 is 0 Å². The molecule has 0 saturated heterocycles. The minimum atomic E-state index is 0.0164. The average Bonchev–Trinajstić information content (AvgIpc) is 2.35. The van der Waals surface area contributed by atoms with Crippen LogP contribution in [0.25, 0.3) is 0 Å². The number of hydrogen-bond acceptors (Lipinski definition) is 3. The van der Waals surface area contributed by atoms with Crippen LogP contribution in [0.3, 0.4) is 0 Å². The third kappa shape index (κ3) is 3.12. The summed E-state index contributed by atoms with van der Waals surface area (Å²) in [4.78, 5) is 19.3. The lowest BCUT2D eigenvalue weighted by Gasteiger charge is -2.23. The van der Waals surface area contributed by atoms with Gasteiger partial charge in [0.15, 0.2) is 0 Å². The zero-order valence-corrected chi connectivity index (χ0v) is 11.4. The summed E-state index contributed by atoms with van der Waals surface area (Å²) in [7, 11) is 0. The van der Waals surface area contributed by atoms with Crippen LogP contribution in [-0.4, -0.2) is 16.0 Å². The summed E-state index contributed by atoms with van der Waals surface area (Å²) in [5.41, 5.74) is 1.70. The summed E-state index contributed by atoms with van der Waals surface area (Å²) in [5.74, 6) is 0.643. The summed E-state index contributed by atoms with van der Waals surface area (Å²) in [6.07, 6.45) is 8.01. The molecule has 2 rings (SSSR count). The highest BCUT2D eigenvalue weighted by molar-refractivity contribution is 5.30. The molecule has 4 heteroatoms. The second-order valence-electron chi connectivity index (χ2n) is 5.21. The fourth-order valence-corrected chi connectivity index (χ4v) is 2.66. The van der Waals surface area contributed by atoms with Crippen LogP contribution in [0.5, 0.6) is 0 Å². The van der Waals surface area contributed by atoms with Crippen LogP contribution in [0, 0.1) is 6.92 Å². The molecule has 1 aliphatic rings. The number of aromatic amines is 1. The molecule has 2 N–H and O–H groups in total. The second kappa shape index (κ2) is 6.03. The van der Waals surface area contributed by atoms with Crippen LogP contribution < -0.4 is 10.9 Å². The summed E-state index contributed by atoms with van der Waals surface area (Å²) in [6.45, 7) is 4.00. The Hall–Kier alpha value is -1.32. The van der Waals surface area contributed by atoms with E-state index in [1.807, 2.05) is 6.92 Å². The van der Waals surface area contributed by atoms with Crippen molar-refractivity contribution in [3.8, 4) is 0 Å². The molecule has 0 unspecified atom stereocenters. The zero-order chi connectivity index (χ0) is 13.0. The van der Waals surface area contributed by atoms with Crippen LogP contribution in [0.1, 0.15) is 56.7 Å². The molecule has 0 atom stereocenters. The Bertz CT molecular complexity index is 447. The lowest BCUT2D eigenvalue weighted by molar-refractivity contribution is 0.460. The Labute approximate surface area is 108 Å². The Balaban J connectivity index is 2.11. The number of H-pyrrole nitrogens is 1. The highest BCUT2D eigenvalue weighted by atomic mass is 16.1. The van der Waals surface area contributed by atoms with Gasteiger partial charge in [0.2, 0.25) is 5.95 Å². The van der Waals surface area contributed by atoms with E-state index in [4.69, 9.17) is 0 Å². The average molecular weight is 249 g/mol. The van der Waals surface area contributed by atoms with Crippen LogP contribution >= 0.6 is 0 Å². The van der Waals surface area contributed by atoms with Crippen molar-refractivity contribution in [2.75, 3.05) is 5.32 Å². The SMILES string of the molecule is CCCc1c(C)nc(NC2CCCCC2)[nH]c1=O. The molecule has 1 heterocycles. The lowest BCUT2D eigenvalue weighted by atomic mass is 9.96. The fourth-order valence-electron chi connectivity index (χ4n) is 2.66. The number of nitrogens with one attached hydrogen (secondary N) is 2. The maximum atomic E-state index is 12.0. The van der Waals surface area contributed by atoms with Gasteiger partial charge in [-0.1, -0.05) is 32.6 Å². The van der Waals surface area contributed by atoms with E-state index >= 15 is 0 Å². The quantitative estimate of drug-likeness (QED) is 0.862. The second-order valence-corrected chi connectivity index (χ2v) is 5.21. The smallest absolute Gasteiger partial charge is 0.255 e. The van der Waals surface area contributed by atoms with Gasteiger partial charge in [0.1, 0.15) is 0 Å². The van der Waals surface area contributed by atoms with Crippen LogP contribution in [0.15, 0.2) is 4.79 Å². The number of nitrogens with zero attached hydrogens (tertiary/aromatic N) is 1. The molecule has 0 aliphatic heterocycles. The van der Waals surface area contributed by atoms with E-state index in [-0.39, 0.29) is 5.56 Å². The predicted molar refractivity (Wildman–Crippen MR) is 74.1 cm³/mol. The zero-order valence-electron chi connectivity index (χ0n) is 11.4. The minimum Gasteiger partial charge on any atom is -0.353 e. The maximum absolute atomic E-state index is 12.0. The third-order valence-corrected chi connectivity index (χ3v) is 3.67. The van der Waals surface area contributed by atoms with Gasteiger partial charge in [-0.15, -0.1) is 0 Å². The van der Waals surface area contributed by atoms with Crippen molar-refractivity contribution in [2.45, 2.75) is 64.8 Å². The molecule has 1 aliphatic carbocycles. The number of hydrogen-bond donors (Lipinski definition) is 2. The molecule has 1 fully saturated rings. The number of aromatic nitrogens is 2. The maximum Gasteiger partial charge on any atom is 0.255 e. The van der Waals surface area contributed by atoms with E-state index in [9.17, 15) is 4.79 Å². The molecule has 0 amide bonds. The molecule has 0 radical (unpaired) electrons. The first-order chi connectivity index (χ1) is 8.70. The Morgan fingerprint density at radius 2 is 2.06 bits per heavy atom. The van der Waals surface area contributed by atoms with Gasteiger partial charge in [-0.05, 0) is 26.2 Å². The third-order valence-electron chi connectivity index (χ3n) is 3.67. The lowest BCUT2D eigenvalue weighted by Crippen LogP contribution is -2.26. The normalized spacial score (nSPS) is 16.8. The molecule has 1 aromatic rings. The van der Waals surface area contributed by atoms with Gasteiger partial charge in [-0.3, -0.25) is 9.78 Å². The van der Waals surface area contributed by atoms with Crippen molar-refractivity contribution >= 4 is 5.95 Å². The number of rotatable bonds is 4. The van der Waals surface area contributed by atoms with Gasteiger partial charge >= 0.3 is 0 Å². The summed E-state index contributed by atoms with van der Waals surface area (Å²) < 4.78 is 0. The monoisotopic (exact) mass is 249 g/mol. The molecule has 0 aromatic carbocycles. The van der Waals surface area contributed by atoms with Gasteiger partial charge in [0.25, 0.3) is 5.56 Å². The molecular formula is C14H23N3O. The molecule has 0 spiro atoms. The van der Waals surface area contributed by atoms with Crippen LogP contribution in [0.2, 0.25) is 0 Å². The van der Waals surface area contributed by atoms with Gasteiger partial charge in [-0.2, -0.15) is 0 Å². The predicted octanol–water partition coefficient (Wildman–Crippen LogP) is 2.78. The van der Waals surface area contributed by atoms with E-state index in [1.165, 1.54) is 32.1 Å². The molecule has 100 valence electrons. The van der Waals surface area contributed by atoms with E-state index in [0.717, 1.165) is 24.1 Å². The number of anilines is 1. The summed E-state index contributed by atoms with van der Waals surface area (Å²) in [6, 6.07) is 0.471. The van der Waals surface area contributed by atoms with E-state index in [0.29, 0.717) is 12.0 Å². The van der Waals surface area contributed by atoms with Crippen molar-refractivity contribution in [2.24, 2.45) is 0 Å². The summed E-state index contributed by atoms with van der Waals surface area (Å²) in [5, 5.41) is 3.37. The summed E-state index contributed by atoms with van der Waals surface area (Å²) >= 11 is 0. The molecule has 0 bridgehead atoms. The van der Waals surface area contributed by atoms with Gasteiger partial charge < -0.3 is 5.32 Å². The van der Waals surface area contributed by atoms with Gasteiger partial charge in [0, 0.05) is 17.3 Å². The van der Waals surface area contributed by atoms with Crippen molar-refractivity contribution in [1.29, 1.82) is 0 Å². The number of aryl methyl sites for hydroxylation is 1. The first-order valence-corrected chi connectivity index (χ1v) is 7.07. The first-order valence-electron chi connectivity index (χ1n) is 7.07. The molecule has 1 aromatic heterocycles. The molecular weight excluding hydrogens is 226 g/mol. The largest absolute Gasteiger partial charge is 0.353 e. The Morgan fingerprint density at radius 3 is 2.67 bits per heavy atom. The fraction of sp³-hybridized carbons (Fsp3) is 0.714. The topological polar surface area (TPSA) is 57.8 Å². The van der Waals surface area contributed by atoms with Crippen molar-refractivity contribution in [3.05, 3.63) is 21.6 Å².